The van der Waals surface area contributed by atoms with Crippen molar-refractivity contribution >= 4 is 28.7 Å². The van der Waals surface area contributed by atoms with Crippen LogP contribution in [0.2, 0.25) is 5.15 Å². The third-order valence-corrected chi connectivity index (χ3v) is 3.10. The Labute approximate surface area is 119 Å². The van der Waals surface area contributed by atoms with E-state index in [0.29, 0.717) is 16.3 Å². The topological polar surface area (TPSA) is 79.1 Å². The fourth-order valence-corrected chi connectivity index (χ4v) is 2.17. The van der Waals surface area contributed by atoms with Crippen LogP contribution in [-0.2, 0) is 14.3 Å². The highest BCUT2D eigenvalue weighted by Crippen LogP contribution is 2.24. The Morgan fingerprint density at radius 2 is 2.30 bits per heavy atom. The summed E-state index contributed by atoms with van der Waals surface area (Å²) >= 11 is 5.95. The summed E-state index contributed by atoms with van der Waals surface area (Å²) in [5, 5.41) is 0.298. The zero-order valence-electron chi connectivity index (χ0n) is 10.6. The van der Waals surface area contributed by atoms with Gasteiger partial charge in [0.1, 0.15) is 17.9 Å². The van der Waals surface area contributed by atoms with Crippen molar-refractivity contribution in [2.45, 2.75) is 19.3 Å². The molecule has 3 heterocycles. The normalized spacial score (nSPS) is 22.1. The highest BCUT2D eigenvalue weighted by molar-refractivity contribution is 6.33. The molecule has 0 aromatic carbocycles. The van der Waals surface area contributed by atoms with Gasteiger partial charge in [-0.15, -0.1) is 0 Å². The van der Waals surface area contributed by atoms with Gasteiger partial charge in [-0.25, -0.2) is 15.0 Å². The quantitative estimate of drug-likeness (QED) is 0.474. The molecule has 20 heavy (non-hydrogen) atoms. The molecule has 0 unspecified atom stereocenters. The van der Waals surface area contributed by atoms with Crippen LogP contribution >= 0.6 is 11.6 Å². The van der Waals surface area contributed by atoms with Crippen molar-refractivity contribution in [3.8, 4) is 0 Å². The molecule has 7 nitrogen and oxygen atoms in total. The molecule has 0 amide bonds. The van der Waals surface area contributed by atoms with Crippen molar-refractivity contribution in [2.24, 2.45) is 0 Å². The Morgan fingerprint density at radius 1 is 1.45 bits per heavy atom. The van der Waals surface area contributed by atoms with Gasteiger partial charge >= 0.3 is 5.97 Å². The Balaban J connectivity index is 1.86. The summed E-state index contributed by atoms with van der Waals surface area (Å²) in [7, 11) is 0. The van der Waals surface area contributed by atoms with Crippen LogP contribution in [0.3, 0.4) is 0 Å². The zero-order valence-corrected chi connectivity index (χ0v) is 11.3. The summed E-state index contributed by atoms with van der Waals surface area (Å²) in [6.07, 6.45) is 5.80. The van der Waals surface area contributed by atoms with Crippen LogP contribution in [0.5, 0.6) is 0 Å². The summed E-state index contributed by atoms with van der Waals surface area (Å²) < 4.78 is 12.4. The van der Waals surface area contributed by atoms with Gasteiger partial charge in [0.05, 0.1) is 12.9 Å². The van der Waals surface area contributed by atoms with Crippen molar-refractivity contribution in [3.05, 3.63) is 30.0 Å². The van der Waals surface area contributed by atoms with Gasteiger partial charge in [0.2, 0.25) is 0 Å². The van der Waals surface area contributed by atoms with Gasteiger partial charge in [-0.2, -0.15) is 0 Å². The van der Waals surface area contributed by atoms with Crippen LogP contribution < -0.4 is 0 Å². The monoisotopic (exact) mass is 294 g/mol. The number of nitrogens with zero attached hydrogens (tertiary/aromatic N) is 4. The van der Waals surface area contributed by atoms with Gasteiger partial charge in [0.25, 0.3) is 0 Å². The van der Waals surface area contributed by atoms with Crippen molar-refractivity contribution in [3.63, 3.8) is 0 Å². The first-order chi connectivity index (χ1) is 9.65. The van der Waals surface area contributed by atoms with Gasteiger partial charge in [-0.1, -0.05) is 11.6 Å². The Morgan fingerprint density at radius 3 is 3.00 bits per heavy atom. The van der Waals surface area contributed by atoms with E-state index in [4.69, 9.17) is 21.1 Å². The van der Waals surface area contributed by atoms with E-state index in [9.17, 15) is 4.79 Å². The molecule has 0 fully saturated rings. The van der Waals surface area contributed by atoms with E-state index >= 15 is 0 Å². The first kappa shape index (κ1) is 13.0. The van der Waals surface area contributed by atoms with Crippen molar-refractivity contribution in [2.75, 3.05) is 6.61 Å². The fraction of sp³-hybridized carbons (Fsp3) is 0.333. The SMILES string of the molecule is CC(=O)O[C@@H]1C=C[C@H](n2cnc3c(Cl)ncnc32)OC1. The minimum atomic E-state index is -0.364. The van der Waals surface area contributed by atoms with Gasteiger partial charge in [0, 0.05) is 6.92 Å². The number of halogens is 1. The molecule has 2 atom stereocenters. The van der Waals surface area contributed by atoms with E-state index in [1.54, 1.807) is 23.0 Å². The minimum Gasteiger partial charge on any atom is -0.456 e. The molecule has 0 saturated carbocycles. The maximum absolute atomic E-state index is 10.9. The lowest BCUT2D eigenvalue weighted by atomic mass is 10.2. The second-order valence-electron chi connectivity index (χ2n) is 4.25. The maximum atomic E-state index is 10.9. The number of fused-ring (bicyclic) bond motifs is 1. The second-order valence-corrected chi connectivity index (χ2v) is 4.60. The van der Waals surface area contributed by atoms with Crippen LogP contribution in [-0.4, -0.2) is 38.2 Å². The fourth-order valence-electron chi connectivity index (χ4n) is 1.99. The predicted octanol–water partition coefficient (Wildman–Crippen LogP) is 1.50. The summed E-state index contributed by atoms with van der Waals surface area (Å²) in [5.41, 5.74) is 1.11. The molecule has 0 spiro atoms. The van der Waals surface area contributed by atoms with Gasteiger partial charge < -0.3 is 9.47 Å². The summed E-state index contributed by atoms with van der Waals surface area (Å²) in [5.74, 6) is -0.339. The molecule has 3 rings (SSSR count). The van der Waals surface area contributed by atoms with Crippen molar-refractivity contribution < 1.29 is 14.3 Å². The number of carbonyl (C=O) groups is 1. The smallest absolute Gasteiger partial charge is 0.303 e. The lowest BCUT2D eigenvalue weighted by molar-refractivity contribution is -0.149. The highest BCUT2D eigenvalue weighted by Gasteiger charge is 2.21. The van der Waals surface area contributed by atoms with E-state index in [1.807, 2.05) is 0 Å². The van der Waals surface area contributed by atoms with Crippen LogP contribution in [0.4, 0.5) is 0 Å². The molecular formula is C12H11ClN4O3. The third-order valence-electron chi connectivity index (χ3n) is 2.83. The number of carbonyl (C=O) groups excluding carboxylic acids is 1. The largest absolute Gasteiger partial charge is 0.456 e. The molecule has 0 radical (unpaired) electrons. The Bertz CT molecular complexity index is 684. The third kappa shape index (κ3) is 2.37. The molecular weight excluding hydrogens is 284 g/mol. The highest BCUT2D eigenvalue weighted by atomic mass is 35.5. The van der Waals surface area contributed by atoms with Crippen LogP contribution in [0, 0.1) is 0 Å². The lowest BCUT2D eigenvalue weighted by Gasteiger charge is -2.24. The van der Waals surface area contributed by atoms with Crippen LogP contribution in [0.15, 0.2) is 24.8 Å². The van der Waals surface area contributed by atoms with E-state index < -0.39 is 0 Å². The average Bonchev–Trinajstić information content (AvgIpc) is 2.84. The van der Waals surface area contributed by atoms with Crippen LogP contribution in [0.25, 0.3) is 11.2 Å². The number of aromatic nitrogens is 4. The van der Waals surface area contributed by atoms with Crippen molar-refractivity contribution in [1.29, 1.82) is 0 Å². The maximum Gasteiger partial charge on any atom is 0.303 e. The Hall–Kier alpha value is -1.99. The zero-order chi connectivity index (χ0) is 14.1. The average molecular weight is 295 g/mol. The predicted molar refractivity (Wildman–Crippen MR) is 70.0 cm³/mol. The molecule has 1 aliphatic rings. The number of hydrogen-bond acceptors (Lipinski definition) is 6. The van der Waals surface area contributed by atoms with Crippen LogP contribution in [0.1, 0.15) is 13.2 Å². The van der Waals surface area contributed by atoms with E-state index in [1.165, 1.54) is 13.3 Å². The molecule has 2 aromatic heterocycles. The van der Waals surface area contributed by atoms with Gasteiger partial charge in [-0.05, 0) is 12.2 Å². The lowest BCUT2D eigenvalue weighted by Crippen LogP contribution is -2.27. The summed E-state index contributed by atoms with van der Waals surface area (Å²) in [6.45, 7) is 1.64. The second kappa shape index (κ2) is 5.18. The molecule has 1 aliphatic heterocycles. The molecule has 0 bridgehead atoms. The summed E-state index contributed by atoms with van der Waals surface area (Å²) in [6, 6.07) is 0. The first-order valence-corrected chi connectivity index (χ1v) is 6.33. The minimum absolute atomic E-state index is 0.277. The van der Waals surface area contributed by atoms with E-state index in [0.717, 1.165) is 0 Å². The molecule has 2 aromatic rings. The van der Waals surface area contributed by atoms with Gasteiger partial charge in [0.15, 0.2) is 17.0 Å². The van der Waals surface area contributed by atoms with Crippen molar-refractivity contribution in [1.82, 2.24) is 19.5 Å². The Kier molecular flexibility index (Phi) is 3.37. The first-order valence-electron chi connectivity index (χ1n) is 5.95. The number of ether oxygens (including phenoxy) is 2. The number of hydrogen-bond donors (Lipinski definition) is 0. The number of imidazole rings is 1. The molecule has 8 heteroatoms. The standard InChI is InChI=1S/C12H11ClN4O3/c1-7(18)20-8-2-3-9(19-4-8)17-6-16-10-11(13)14-5-15-12(10)17/h2-3,5-6,8-9H,4H2,1H3/t8-,9-/m1/s1. The van der Waals surface area contributed by atoms with E-state index in [-0.39, 0.29) is 24.9 Å². The number of rotatable bonds is 2. The number of esters is 1. The molecule has 0 N–H and O–H groups in total. The molecule has 0 saturated heterocycles. The van der Waals surface area contributed by atoms with Gasteiger partial charge in [-0.3, -0.25) is 9.36 Å². The summed E-state index contributed by atoms with van der Waals surface area (Å²) in [4.78, 5) is 23.1. The molecule has 0 aliphatic carbocycles. The molecule has 104 valence electrons. The van der Waals surface area contributed by atoms with E-state index in [2.05, 4.69) is 15.0 Å².